The summed E-state index contributed by atoms with van der Waals surface area (Å²) < 4.78 is 42.5. The van der Waals surface area contributed by atoms with Crippen LogP contribution in [0.4, 0.5) is 13.2 Å². The van der Waals surface area contributed by atoms with Crippen LogP contribution in [-0.4, -0.2) is 12.1 Å². The minimum atomic E-state index is -5.59. The van der Waals surface area contributed by atoms with Crippen LogP contribution in [0.1, 0.15) is 111 Å². The van der Waals surface area contributed by atoms with Crippen LogP contribution in [0.25, 0.3) is 34.4 Å². The Bertz CT molecular complexity index is 1970. The fraction of sp³-hybridized carbons (Fsp3) is 0.417. The molecule has 2 saturated carbocycles. The number of fused-ring (bicyclic) bond motifs is 2. The number of benzene rings is 4. The van der Waals surface area contributed by atoms with Crippen LogP contribution in [0.15, 0.2) is 96.1 Å². The van der Waals surface area contributed by atoms with E-state index in [-0.39, 0.29) is 13.3 Å². The topological polar surface area (TPSA) is 0 Å². The molecule has 4 aliphatic carbocycles. The zero-order valence-electron chi connectivity index (χ0n) is 32.5. The van der Waals surface area contributed by atoms with E-state index in [0.29, 0.717) is 11.8 Å². The number of rotatable bonds is 11. The van der Waals surface area contributed by atoms with Crippen LogP contribution in [0, 0.1) is 25.7 Å². The first-order valence-electron chi connectivity index (χ1n) is 20.7. The number of hydrogen-bond donors (Lipinski definition) is 0. The van der Waals surface area contributed by atoms with Gasteiger partial charge in [-0.15, -0.1) is 0 Å². The summed E-state index contributed by atoms with van der Waals surface area (Å²) in [5.41, 5.74) is 14.3. The maximum absolute atomic E-state index is 14.3. The molecule has 0 saturated heterocycles. The zero-order chi connectivity index (χ0) is 38.6. The van der Waals surface area contributed by atoms with E-state index in [9.17, 15) is 13.2 Å². The van der Waals surface area contributed by atoms with Crippen LogP contribution >= 0.6 is 17.0 Å². The Labute approximate surface area is 335 Å². The van der Waals surface area contributed by atoms with Gasteiger partial charge >= 0.3 is 338 Å². The summed E-state index contributed by atoms with van der Waals surface area (Å²) >= 11 is -5.59. The van der Waals surface area contributed by atoms with E-state index in [4.69, 9.17) is 17.0 Å². The molecule has 0 radical (unpaired) electrons. The molecule has 4 aromatic carbocycles. The average molecular weight is 878 g/mol. The molecule has 3 unspecified atom stereocenters. The SMILES string of the molecule is Cc1ccc(-c2cccc3c2C=C(CC2CCCC2)[CH]3[Zr]([Cl])([Cl])([CH]2C(CC3CCCC3)=Cc3c(-c4ccc(C)cc4)cccc32)[SiH](C)CCC(F)(F)F)cc1. The van der Waals surface area contributed by atoms with Crippen LogP contribution in [0.3, 0.4) is 0 Å². The van der Waals surface area contributed by atoms with E-state index in [0.717, 1.165) is 46.2 Å². The van der Waals surface area contributed by atoms with Crippen molar-refractivity contribution >= 4 is 35.1 Å². The quantitative estimate of drug-likeness (QED) is 0.132. The monoisotopic (exact) mass is 875 g/mol. The zero-order valence-corrected chi connectivity index (χ0v) is 37.6. The molecule has 0 N–H and O–H groups in total. The number of hydrogen-bond acceptors (Lipinski definition) is 0. The van der Waals surface area contributed by atoms with Crippen molar-refractivity contribution in [2.45, 2.75) is 110 Å². The van der Waals surface area contributed by atoms with Gasteiger partial charge in [-0.2, -0.15) is 0 Å². The third-order valence-electron chi connectivity index (χ3n) is 13.9. The summed E-state index contributed by atoms with van der Waals surface area (Å²) in [6, 6.07) is 30.6. The molecule has 2 fully saturated rings. The molecule has 0 aliphatic heterocycles. The van der Waals surface area contributed by atoms with Gasteiger partial charge in [0.05, 0.1) is 0 Å². The number of halogens is 5. The molecule has 0 amide bonds. The van der Waals surface area contributed by atoms with E-state index < -0.39 is 34.1 Å². The van der Waals surface area contributed by atoms with Gasteiger partial charge in [-0.05, 0) is 0 Å². The van der Waals surface area contributed by atoms with Crippen LogP contribution in [0.2, 0.25) is 12.6 Å². The van der Waals surface area contributed by atoms with Crippen molar-refractivity contribution in [3.63, 3.8) is 0 Å². The molecule has 4 aliphatic rings. The molecule has 0 nitrogen and oxygen atoms in total. The first-order valence-corrected chi connectivity index (χ1v) is 36.7. The van der Waals surface area contributed by atoms with Crippen molar-refractivity contribution < 1.29 is 28.7 Å². The summed E-state index contributed by atoms with van der Waals surface area (Å²) in [6.07, 6.45) is 11.2. The molecule has 4 aromatic rings. The summed E-state index contributed by atoms with van der Waals surface area (Å²) in [5.74, 6) is -1.41. The first-order chi connectivity index (χ1) is 26.3. The average Bonchev–Trinajstić information content (AvgIpc) is 3.98. The van der Waals surface area contributed by atoms with Gasteiger partial charge < -0.3 is 0 Å². The van der Waals surface area contributed by atoms with Crippen molar-refractivity contribution in [1.82, 2.24) is 0 Å². The summed E-state index contributed by atoms with van der Waals surface area (Å²) in [6.45, 7) is 6.35. The Kier molecular flexibility index (Phi) is 11.2. The number of aryl methyl sites for hydroxylation is 2. The van der Waals surface area contributed by atoms with Gasteiger partial charge in [0.2, 0.25) is 0 Å². The third-order valence-corrected chi connectivity index (χ3v) is 64.1. The molecule has 0 spiro atoms. The summed E-state index contributed by atoms with van der Waals surface area (Å²) in [7, 11) is 17.9. The van der Waals surface area contributed by atoms with E-state index in [1.807, 2.05) is 0 Å². The van der Waals surface area contributed by atoms with E-state index in [1.54, 1.807) is 0 Å². The standard InChI is InChI=1S/2C22H23.C4H8F3Si.2ClH.Zr/c2*1-16-9-11-19(12-10-16)21-8-4-7-20-14-18(15-22(20)21)13-17-5-2-3-6-17;1-8-3-2-4(5,6)7;;;/h2*4,7-12,14-15,17H,2-3,5-6,13H2,1H3;8H,2-3H2,1H3;2*1H;/q;;;;;+2/p-2. The molecule has 0 aromatic heterocycles. The van der Waals surface area contributed by atoms with Crippen LogP contribution in [-0.2, 0) is 15.6 Å². The van der Waals surface area contributed by atoms with Gasteiger partial charge in [-0.1, -0.05) is 0 Å². The number of allylic oxidation sites excluding steroid dienone is 2. The van der Waals surface area contributed by atoms with Gasteiger partial charge in [-0.25, -0.2) is 0 Å². The molecule has 8 rings (SSSR count). The molecule has 0 heterocycles. The summed E-state index contributed by atoms with van der Waals surface area (Å²) in [5, 5.41) is 0. The number of alkyl halides is 3. The Morgan fingerprint density at radius 3 is 1.40 bits per heavy atom. The van der Waals surface area contributed by atoms with Gasteiger partial charge in [0.1, 0.15) is 0 Å². The van der Waals surface area contributed by atoms with Crippen molar-refractivity contribution in [2.75, 3.05) is 0 Å². The minimum absolute atomic E-state index is 0.0716. The predicted octanol–water partition coefficient (Wildman–Crippen LogP) is 15.7. The van der Waals surface area contributed by atoms with Crippen molar-refractivity contribution in [2.24, 2.45) is 11.8 Å². The van der Waals surface area contributed by atoms with E-state index in [1.165, 1.54) is 84.8 Å². The van der Waals surface area contributed by atoms with Gasteiger partial charge in [0.25, 0.3) is 0 Å². The van der Waals surface area contributed by atoms with Crippen LogP contribution < -0.4 is 0 Å². The molecule has 0 bridgehead atoms. The Balaban J connectivity index is 1.37. The van der Waals surface area contributed by atoms with Crippen molar-refractivity contribution in [3.05, 3.63) is 129 Å². The normalized spacial score (nSPS) is 21.6. The molecular weight excluding hydrogens is 824 g/mol. The maximum atomic E-state index is 14.3. The second-order valence-electron chi connectivity index (χ2n) is 17.6. The molecular formula is C48H54Cl2F3SiZr. The molecule has 55 heavy (non-hydrogen) atoms. The van der Waals surface area contributed by atoms with Gasteiger partial charge in [0.15, 0.2) is 0 Å². The Morgan fingerprint density at radius 2 is 1.02 bits per heavy atom. The van der Waals surface area contributed by atoms with E-state index in [2.05, 4.69) is 117 Å². The fourth-order valence-corrected chi connectivity index (χ4v) is 51.1. The third kappa shape index (κ3) is 7.64. The second kappa shape index (κ2) is 15.5. The summed E-state index contributed by atoms with van der Waals surface area (Å²) in [4.78, 5) is 0. The van der Waals surface area contributed by atoms with Crippen molar-refractivity contribution in [3.8, 4) is 22.3 Å². The van der Waals surface area contributed by atoms with E-state index >= 15 is 0 Å². The molecule has 3 atom stereocenters. The Morgan fingerprint density at radius 1 is 0.618 bits per heavy atom. The fourth-order valence-electron chi connectivity index (χ4n) is 11.0. The molecule has 7 heteroatoms. The Hall–Kier alpha value is -2.17. The van der Waals surface area contributed by atoms with Crippen LogP contribution in [0.5, 0.6) is 0 Å². The first kappa shape index (κ1) is 39.6. The van der Waals surface area contributed by atoms with Crippen molar-refractivity contribution in [1.29, 1.82) is 0 Å². The predicted molar refractivity (Wildman–Crippen MR) is 228 cm³/mol. The molecule has 289 valence electrons. The van der Waals surface area contributed by atoms with Gasteiger partial charge in [-0.3, -0.25) is 0 Å². The second-order valence-corrected chi connectivity index (χ2v) is 59.0. The van der Waals surface area contributed by atoms with Gasteiger partial charge in [0, 0.05) is 0 Å².